The Labute approximate surface area is 136 Å². The summed E-state index contributed by atoms with van der Waals surface area (Å²) in [5.41, 5.74) is -0.761. The maximum absolute atomic E-state index is 12.8. The Hall–Kier alpha value is -2.13. The van der Waals surface area contributed by atoms with Gasteiger partial charge in [0.25, 0.3) is 5.65 Å². The Morgan fingerprint density at radius 3 is 2.78 bits per heavy atom. The third kappa shape index (κ3) is 2.77. The molecule has 0 fully saturated rings. The monoisotopic (exact) mass is 361 g/mol. The van der Waals surface area contributed by atoms with Gasteiger partial charge < -0.3 is 5.11 Å². The zero-order valence-corrected chi connectivity index (χ0v) is 12.7. The molecule has 0 aromatic carbocycles. The number of aromatic nitrogens is 3. The molecule has 0 bridgehead atoms. The number of fused-ring (bicyclic) bond motifs is 1. The lowest BCUT2D eigenvalue weighted by atomic mass is 10.2. The molecule has 0 saturated heterocycles. The summed E-state index contributed by atoms with van der Waals surface area (Å²) in [6.07, 6.45) is -2.45. The van der Waals surface area contributed by atoms with Gasteiger partial charge in [0.15, 0.2) is 4.47 Å². The normalized spacial score (nSPS) is 12.0. The second-order valence-electron chi connectivity index (χ2n) is 4.58. The number of hydrogen-bond acceptors (Lipinski definition) is 4. The van der Waals surface area contributed by atoms with Crippen molar-refractivity contribution >= 4 is 34.4 Å². The summed E-state index contributed by atoms with van der Waals surface area (Å²) < 4.78 is 40.7. The minimum Gasteiger partial charge on any atom is -0.839 e. The first-order chi connectivity index (χ1) is 10.8. The van der Waals surface area contributed by atoms with Gasteiger partial charge >= 0.3 is 12.0 Å². The number of carbonyl (C=O) groups is 1. The van der Waals surface area contributed by atoms with Crippen molar-refractivity contribution in [3.63, 3.8) is 0 Å². The number of thiazole rings is 1. The van der Waals surface area contributed by atoms with E-state index in [2.05, 4.69) is 4.98 Å². The lowest BCUT2D eigenvalue weighted by Crippen LogP contribution is -2.28. The maximum Gasteiger partial charge on any atom is 0.458 e. The van der Waals surface area contributed by atoms with Gasteiger partial charge in [-0.3, -0.25) is 4.79 Å². The maximum atomic E-state index is 12.8. The number of imidazole rings is 1. The molecule has 0 radical (unpaired) electrons. The first kappa shape index (κ1) is 15.8. The van der Waals surface area contributed by atoms with Crippen molar-refractivity contribution in [3.05, 3.63) is 45.6 Å². The van der Waals surface area contributed by atoms with E-state index in [4.69, 9.17) is 11.6 Å². The van der Waals surface area contributed by atoms with Crippen LogP contribution in [0.4, 0.5) is 13.2 Å². The van der Waals surface area contributed by atoms with Crippen molar-refractivity contribution in [1.29, 1.82) is 0 Å². The molecule has 0 aliphatic rings. The molecule has 0 spiro atoms. The van der Waals surface area contributed by atoms with Gasteiger partial charge in [-0.2, -0.15) is 13.2 Å². The summed E-state index contributed by atoms with van der Waals surface area (Å²) in [6, 6.07) is 4.51. The minimum atomic E-state index is -5.14. The summed E-state index contributed by atoms with van der Waals surface area (Å²) in [5, 5.41) is 12.2. The summed E-state index contributed by atoms with van der Waals surface area (Å²) in [4.78, 5) is 16.0. The van der Waals surface area contributed by atoms with Gasteiger partial charge in [0.05, 0.1) is 11.1 Å². The van der Waals surface area contributed by atoms with Gasteiger partial charge in [-0.05, 0) is 6.07 Å². The van der Waals surface area contributed by atoms with Gasteiger partial charge in [0, 0.05) is 12.3 Å². The van der Waals surface area contributed by atoms with Crippen LogP contribution in [-0.2, 0) is 6.54 Å². The largest absolute Gasteiger partial charge is 0.839 e. The van der Waals surface area contributed by atoms with Crippen LogP contribution in [0.1, 0.15) is 15.4 Å². The molecular formula is C13H7ClF3N3O2S. The number of ketones is 1. The number of halogens is 4. The average Bonchev–Trinajstić information content (AvgIpc) is 3.01. The van der Waals surface area contributed by atoms with Gasteiger partial charge in [0.2, 0.25) is 5.69 Å². The fraction of sp³-hybridized carbons (Fsp3) is 0.154. The van der Waals surface area contributed by atoms with Gasteiger partial charge in [0.1, 0.15) is 12.4 Å². The molecular weight excluding hydrogens is 355 g/mol. The molecule has 3 aromatic heterocycles. The number of pyridine rings is 1. The molecule has 0 amide bonds. The highest BCUT2D eigenvalue weighted by atomic mass is 35.5. The molecule has 120 valence electrons. The summed E-state index contributed by atoms with van der Waals surface area (Å²) in [7, 11) is 0. The van der Waals surface area contributed by atoms with Crippen molar-refractivity contribution in [2.45, 2.75) is 12.7 Å². The van der Waals surface area contributed by atoms with Crippen LogP contribution in [0.3, 0.4) is 0 Å². The van der Waals surface area contributed by atoms with Crippen molar-refractivity contribution < 1.29 is 27.5 Å². The highest BCUT2D eigenvalue weighted by Gasteiger charge is 2.45. The molecule has 0 N–H and O–H groups in total. The molecule has 3 rings (SSSR count). The Balaban J connectivity index is 2.23. The van der Waals surface area contributed by atoms with E-state index in [1.165, 1.54) is 24.5 Å². The van der Waals surface area contributed by atoms with E-state index in [0.29, 0.717) is 4.88 Å². The van der Waals surface area contributed by atoms with E-state index >= 15 is 0 Å². The second kappa shape index (κ2) is 5.50. The van der Waals surface area contributed by atoms with Crippen LogP contribution in [0.5, 0.6) is 5.88 Å². The lowest BCUT2D eigenvalue weighted by molar-refractivity contribution is -0.582. The Bertz CT molecular complexity index is 904. The smallest absolute Gasteiger partial charge is 0.458 e. The topological polar surface area (TPSA) is 62.0 Å². The SMILES string of the molecule is O=C(c1c([O-])[n+]2ccccc2n1Cc1cnc(Cl)s1)C(F)(F)F. The molecule has 3 heterocycles. The van der Waals surface area contributed by atoms with E-state index < -0.39 is 23.5 Å². The molecule has 5 nitrogen and oxygen atoms in total. The fourth-order valence-electron chi connectivity index (χ4n) is 2.20. The summed E-state index contributed by atoms with van der Waals surface area (Å²) in [5.74, 6) is -3.19. The van der Waals surface area contributed by atoms with Crippen LogP contribution in [0.25, 0.3) is 5.65 Å². The standard InChI is InChI=1S/C13H7ClF3N3O2S/c14-12-18-5-7(23-12)6-20-8-3-1-2-4-19(8)11(22)9(20)10(21)13(15,16)17/h1-5H,6H2. The number of Topliss-reactive ketones (excluding diaryl/α,β-unsaturated/α-hetero) is 1. The van der Waals surface area contributed by atoms with Crippen LogP contribution in [-0.4, -0.2) is 21.5 Å². The second-order valence-corrected chi connectivity index (χ2v) is 6.27. The van der Waals surface area contributed by atoms with Gasteiger partial charge in [-0.25, -0.2) is 14.0 Å². The van der Waals surface area contributed by atoms with Crippen LogP contribution in [0.15, 0.2) is 30.6 Å². The first-order valence-corrected chi connectivity index (χ1v) is 7.40. The fourth-order valence-corrected chi connectivity index (χ4v) is 3.16. The third-order valence-corrected chi connectivity index (χ3v) is 4.22. The molecule has 0 aliphatic carbocycles. The zero-order valence-electron chi connectivity index (χ0n) is 11.2. The van der Waals surface area contributed by atoms with Crippen molar-refractivity contribution in [1.82, 2.24) is 9.55 Å². The number of rotatable bonds is 3. The Morgan fingerprint density at radius 1 is 1.43 bits per heavy atom. The summed E-state index contributed by atoms with van der Waals surface area (Å²) >= 11 is 6.77. The number of carbonyl (C=O) groups excluding carboxylic acids is 1. The summed E-state index contributed by atoms with van der Waals surface area (Å²) in [6.45, 7) is -0.114. The van der Waals surface area contributed by atoms with Crippen LogP contribution < -0.4 is 9.51 Å². The number of hydrogen-bond donors (Lipinski definition) is 0. The van der Waals surface area contributed by atoms with Crippen LogP contribution >= 0.6 is 22.9 Å². The van der Waals surface area contributed by atoms with E-state index in [1.807, 2.05) is 0 Å². The van der Waals surface area contributed by atoms with E-state index in [1.54, 1.807) is 6.07 Å². The van der Waals surface area contributed by atoms with Crippen LogP contribution in [0, 0.1) is 0 Å². The first-order valence-electron chi connectivity index (χ1n) is 6.20. The van der Waals surface area contributed by atoms with Crippen molar-refractivity contribution in [3.8, 4) is 5.88 Å². The molecule has 0 atom stereocenters. The van der Waals surface area contributed by atoms with E-state index in [-0.39, 0.29) is 16.7 Å². The third-order valence-electron chi connectivity index (χ3n) is 3.12. The van der Waals surface area contributed by atoms with Crippen LogP contribution in [0.2, 0.25) is 4.47 Å². The molecule has 10 heteroatoms. The number of nitrogens with zero attached hydrogens (tertiary/aromatic N) is 3. The molecule has 0 unspecified atom stereocenters. The molecule has 23 heavy (non-hydrogen) atoms. The molecule has 0 saturated carbocycles. The Morgan fingerprint density at radius 2 is 2.17 bits per heavy atom. The van der Waals surface area contributed by atoms with Gasteiger partial charge in [-0.1, -0.05) is 17.7 Å². The van der Waals surface area contributed by atoms with Gasteiger partial charge in [-0.15, -0.1) is 11.3 Å². The number of alkyl halides is 3. The quantitative estimate of drug-likeness (QED) is 0.531. The Kier molecular flexibility index (Phi) is 3.77. The molecule has 3 aromatic rings. The zero-order chi connectivity index (χ0) is 16.8. The van der Waals surface area contributed by atoms with E-state index in [9.17, 15) is 23.1 Å². The molecule has 0 aliphatic heterocycles. The highest BCUT2D eigenvalue weighted by Crippen LogP contribution is 2.28. The predicted octanol–water partition coefficient (Wildman–Crippen LogP) is 2.20. The predicted molar refractivity (Wildman–Crippen MR) is 73.6 cm³/mol. The minimum absolute atomic E-state index is 0.114. The highest BCUT2D eigenvalue weighted by molar-refractivity contribution is 7.15. The van der Waals surface area contributed by atoms with E-state index in [0.717, 1.165) is 20.3 Å². The average molecular weight is 362 g/mol. The van der Waals surface area contributed by atoms with Crippen molar-refractivity contribution in [2.75, 3.05) is 0 Å². The van der Waals surface area contributed by atoms with Crippen molar-refractivity contribution in [2.24, 2.45) is 0 Å². The lowest BCUT2D eigenvalue weighted by Gasteiger charge is -2.07.